The number of para-hydroxylation sites is 1. The van der Waals surface area contributed by atoms with Crippen LogP contribution in [0.4, 0.5) is 4.79 Å². The molecule has 0 aliphatic carbocycles. The molecule has 0 spiro atoms. The van der Waals surface area contributed by atoms with Crippen LogP contribution < -0.4 is 15.5 Å². The van der Waals surface area contributed by atoms with E-state index in [0.29, 0.717) is 5.75 Å². The summed E-state index contributed by atoms with van der Waals surface area (Å²) < 4.78 is 5.60. The van der Waals surface area contributed by atoms with Crippen molar-refractivity contribution in [2.75, 3.05) is 13.1 Å². The maximum Gasteiger partial charge on any atom is 0.334 e. The van der Waals surface area contributed by atoms with E-state index in [2.05, 4.69) is 10.8 Å². The van der Waals surface area contributed by atoms with Gasteiger partial charge in [0.2, 0.25) is 0 Å². The number of rotatable bonds is 13. The van der Waals surface area contributed by atoms with Gasteiger partial charge in [0.25, 0.3) is 5.91 Å². The number of aliphatic hydroxyl groups excluding tert-OH is 1. The molecule has 0 fully saturated rings. The Labute approximate surface area is 251 Å². The van der Waals surface area contributed by atoms with Crippen molar-refractivity contribution in [1.82, 2.24) is 15.7 Å². The van der Waals surface area contributed by atoms with Crippen molar-refractivity contribution in [3.05, 3.63) is 114 Å². The van der Waals surface area contributed by atoms with Gasteiger partial charge in [-0.3, -0.25) is 9.63 Å². The Morgan fingerprint density at radius 2 is 1.44 bits per heavy atom. The van der Waals surface area contributed by atoms with Crippen LogP contribution in [0, 0.1) is 5.92 Å². The number of ether oxygens (including phenoxy) is 1. The summed E-state index contributed by atoms with van der Waals surface area (Å²) in [6.07, 6.45) is -1.39. The summed E-state index contributed by atoms with van der Waals surface area (Å²) in [5.74, 6) is -1.05. The highest BCUT2D eigenvalue weighted by Gasteiger charge is 2.29. The fourth-order valence-electron chi connectivity index (χ4n) is 4.52. The third-order valence-corrected chi connectivity index (χ3v) is 6.62. The third kappa shape index (κ3) is 9.66. The molecule has 0 radical (unpaired) electrons. The van der Waals surface area contributed by atoms with E-state index < -0.39 is 30.1 Å². The van der Waals surface area contributed by atoms with E-state index in [1.807, 2.05) is 92.7 Å². The number of esters is 1. The first kappa shape index (κ1) is 31.2. The number of nitrogens with zero attached hydrogens (tertiary/aromatic N) is 1. The Morgan fingerprint density at radius 1 is 0.791 bits per heavy atom. The number of carbonyl (C=O) groups excluding carboxylic acids is 3. The highest BCUT2D eigenvalue weighted by Crippen LogP contribution is 2.18. The number of aliphatic hydroxyl groups is 1. The van der Waals surface area contributed by atoms with Crippen LogP contribution in [0.5, 0.6) is 5.75 Å². The van der Waals surface area contributed by atoms with E-state index in [-0.39, 0.29) is 32.0 Å². The Hall–Kier alpha value is -4.73. The summed E-state index contributed by atoms with van der Waals surface area (Å²) >= 11 is 0. The molecule has 0 unspecified atom stereocenters. The zero-order chi connectivity index (χ0) is 30.6. The molecule has 0 saturated carbocycles. The predicted octanol–water partition coefficient (Wildman–Crippen LogP) is 4.63. The number of hydrogen-bond donors (Lipinski definition) is 3. The smallest absolute Gasteiger partial charge is 0.334 e. The summed E-state index contributed by atoms with van der Waals surface area (Å²) in [7, 11) is 0. The zero-order valence-corrected chi connectivity index (χ0v) is 24.3. The van der Waals surface area contributed by atoms with E-state index in [9.17, 15) is 19.5 Å². The molecule has 4 rings (SSSR count). The summed E-state index contributed by atoms with van der Waals surface area (Å²) in [4.78, 5) is 46.0. The lowest BCUT2D eigenvalue weighted by Gasteiger charge is -2.28. The van der Waals surface area contributed by atoms with Gasteiger partial charge in [-0.25, -0.2) is 15.1 Å². The van der Waals surface area contributed by atoms with E-state index in [0.717, 1.165) is 21.9 Å². The third-order valence-electron chi connectivity index (χ3n) is 6.62. The lowest BCUT2D eigenvalue weighted by atomic mass is 10.0. The lowest BCUT2D eigenvalue weighted by molar-refractivity contribution is -0.144. The van der Waals surface area contributed by atoms with Gasteiger partial charge in [0.05, 0.1) is 13.2 Å². The number of nitrogens with one attached hydrogen (secondary N) is 2. The molecule has 0 heterocycles. The SMILES string of the molecule is CC(C)CN(C[C@H](O)C(=O)NOCc1ccccc1)C(=O)N[C@@H](Cc1ccc2ccccc2c1)C(=O)Oc1ccccc1. The van der Waals surface area contributed by atoms with Crippen LogP contribution in [0.3, 0.4) is 0 Å². The van der Waals surface area contributed by atoms with E-state index in [4.69, 9.17) is 9.57 Å². The molecular weight excluding hydrogens is 546 g/mol. The molecule has 0 saturated heterocycles. The molecule has 4 aromatic rings. The van der Waals surface area contributed by atoms with Gasteiger partial charge in [-0.2, -0.15) is 0 Å². The van der Waals surface area contributed by atoms with Crippen LogP contribution in [0.15, 0.2) is 103 Å². The summed E-state index contributed by atoms with van der Waals surface area (Å²) in [6, 6.07) is 29.9. The van der Waals surface area contributed by atoms with Crippen LogP contribution in [0.1, 0.15) is 25.0 Å². The van der Waals surface area contributed by atoms with Gasteiger partial charge in [0.15, 0.2) is 6.10 Å². The molecule has 2 atom stereocenters. The topological polar surface area (TPSA) is 117 Å². The molecule has 0 aliphatic rings. The molecule has 3 amide bonds. The number of carbonyl (C=O) groups is 3. The first-order valence-corrected chi connectivity index (χ1v) is 14.2. The predicted molar refractivity (Wildman–Crippen MR) is 164 cm³/mol. The average Bonchev–Trinajstić information content (AvgIpc) is 3.01. The second-order valence-electron chi connectivity index (χ2n) is 10.7. The highest BCUT2D eigenvalue weighted by atomic mass is 16.7. The van der Waals surface area contributed by atoms with E-state index >= 15 is 0 Å². The van der Waals surface area contributed by atoms with Crippen molar-refractivity contribution >= 4 is 28.7 Å². The number of hydroxylamine groups is 1. The van der Waals surface area contributed by atoms with Gasteiger partial charge in [-0.05, 0) is 39.9 Å². The Bertz CT molecular complexity index is 1500. The standard InChI is InChI=1S/C34H37N3O6/c1-24(2)21-37(22-31(38)32(39)36-42-23-25-11-5-3-6-12-25)34(41)35-30(33(40)43-29-15-7-4-8-16-29)20-26-17-18-27-13-9-10-14-28(27)19-26/h3-19,24,30-31,38H,20-23H2,1-2H3,(H,35,41)(H,36,39)/t30-,31-/m0/s1. The Balaban J connectivity index is 1.45. The van der Waals surface area contributed by atoms with Crippen LogP contribution in [-0.2, 0) is 27.5 Å². The molecule has 0 aliphatic heterocycles. The Kier molecular flexibility index (Phi) is 11.2. The molecule has 0 bridgehead atoms. The minimum Gasteiger partial charge on any atom is -0.425 e. The molecule has 9 nitrogen and oxygen atoms in total. The van der Waals surface area contributed by atoms with Crippen molar-refractivity contribution in [3.63, 3.8) is 0 Å². The van der Waals surface area contributed by atoms with E-state index in [1.165, 1.54) is 4.90 Å². The van der Waals surface area contributed by atoms with Crippen LogP contribution in [0.2, 0.25) is 0 Å². The van der Waals surface area contributed by atoms with Gasteiger partial charge in [0, 0.05) is 13.0 Å². The molecular formula is C34H37N3O6. The minimum atomic E-state index is -1.56. The molecule has 9 heteroatoms. The summed E-state index contributed by atoms with van der Waals surface area (Å²) in [5, 5.41) is 15.5. The maximum absolute atomic E-state index is 13.5. The van der Waals surface area contributed by atoms with Crippen molar-refractivity contribution < 1.29 is 29.1 Å². The second-order valence-corrected chi connectivity index (χ2v) is 10.7. The quantitative estimate of drug-likeness (QED) is 0.120. The van der Waals surface area contributed by atoms with Gasteiger partial charge in [0.1, 0.15) is 11.8 Å². The average molecular weight is 584 g/mol. The van der Waals surface area contributed by atoms with E-state index in [1.54, 1.807) is 24.3 Å². The van der Waals surface area contributed by atoms with Crippen molar-refractivity contribution in [2.45, 2.75) is 39.0 Å². The highest BCUT2D eigenvalue weighted by molar-refractivity contribution is 5.87. The molecule has 224 valence electrons. The first-order chi connectivity index (χ1) is 20.8. The fourth-order valence-corrected chi connectivity index (χ4v) is 4.52. The largest absolute Gasteiger partial charge is 0.425 e. The lowest BCUT2D eigenvalue weighted by Crippen LogP contribution is -2.53. The maximum atomic E-state index is 13.5. The van der Waals surface area contributed by atoms with Crippen LogP contribution in [0.25, 0.3) is 10.8 Å². The van der Waals surface area contributed by atoms with Gasteiger partial charge >= 0.3 is 12.0 Å². The number of benzene rings is 4. The van der Waals surface area contributed by atoms with Crippen LogP contribution >= 0.6 is 0 Å². The van der Waals surface area contributed by atoms with Gasteiger partial charge in [-0.1, -0.05) is 105 Å². The second kappa shape index (κ2) is 15.5. The number of hydrogen-bond acceptors (Lipinski definition) is 6. The number of amides is 3. The monoisotopic (exact) mass is 583 g/mol. The molecule has 3 N–H and O–H groups in total. The Morgan fingerprint density at radius 3 is 2.14 bits per heavy atom. The van der Waals surface area contributed by atoms with Crippen LogP contribution in [-0.4, -0.2) is 53.1 Å². The van der Waals surface area contributed by atoms with Gasteiger partial charge in [-0.15, -0.1) is 0 Å². The first-order valence-electron chi connectivity index (χ1n) is 14.2. The number of urea groups is 1. The molecule has 43 heavy (non-hydrogen) atoms. The molecule has 4 aromatic carbocycles. The summed E-state index contributed by atoms with van der Waals surface area (Å²) in [6.45, 7) is 3.87. The van der Waals surface area contributed by atoms with Gasteiger partial charge < -0.3 is 20.1 Å². The van der Waals surface area contributed by atoms with Crippen molar-refractivity contribution in [3.8, 4) is 5.75 Å². The molecule has 0 aromatic heterocycles. The van der Waals surface area contributed by atoms with Crippen molar-refractivity contribution in [2.24, 2.45) is 5.92 Å². The zero-order valence-electron chi connectivity index (χ0n) is 24.3. The fraction of sp³-hybridized carbons (Fsp3) is 0.265. The summed E-state index contributed by atoms with van der Waals surface area (Å²) in [5.41, 5.74) is 3.92. The number of fused-ring (bicyclic) bond motifs is 1. The minimum absolute atomic E-state index is 0.0190. The van der Waals surface area contributed by atoms with Crippen molar-refractivity contribution in [1.29, 1.82) is 0 Å². The normalized spacial score (nSPS) is 12.4.